The molecule has 0 unspecified atom stereocenters. The smallest absolute Gasteiger partial charge is 0.270 e. The van der Waals surface area contributed by atoms with E-state index in [0.717, 1.165) is 32.2 Å². The molecule has 3 rings (SSSR count). The number of thiazole rings is 1. The summed E-state index contributed by atoms with van der Waals surface area (Å²) in [5.41, 5.74) is 1.94. The molecule has 1 amide bonds. The van der Waals surface area contributed by atoms with E-state index < -0.39 is 0 Å². The molecular weight excluding hydrogens is 392 g/mol. The van der Waals surface area contributed by atoms with Crippen LogP contribution in [0.15, 0.2) is 51.6 Å². The number of nitrogens with zero attached hydrogens (tertiary/aromatic N) is 2. The molecule has 1 aromatic carbocycles. The maximum absolute atomic E-state index is 12.7. The molecule has 0 saturated carbocycles. The Kier molecular flexibility index (Phi) is 5.25. The molecule has 3 nitrogen and oxygen atoms in total. The molecule has 118 valence electrons. The van der Waals surface area contributed by atoms with Gasteiger partial charge in [-0.2, -0.15) is 0 Å². The van der Waals surface area contributed by atoms with Gasteiger partial charge in [0.05, 0.1) is 10.6 Å². The predicted molar refractivity (Wildman–Crippen MR) is 102 cm³/mol. The quantitative estimate of drug-likeness (QED) is 0.544. The molecule has 0 saturated heterocycles. The minimum atomic E-state index is 0.0250. The second-order valence-electron chi connectivity index (χ2n) is 4.96. The zero-order chi connectivity index (χ0) is 16.2. The topological polar surface area (TPSA) is 33.2 Å². The minimum absolute atomic E-state index is 0.0250. The van der Waals surface area contributed by atoms with Crippen molar-refractivity contribution in [3.8, 4) is 11.3 Å². The van der Waals surface area contributed by atoms with Crippen LogP contribution in [0.1, 0.15) is 23.0 Å². The summed E-state index contributed by atoms with van der Waals surface area (Å²) in [5, 5.41) is 4.67. The normalized spacial score (nSPS) is 10.7. The van der Waals surface area contributed by atoms with Crippen LogP contribution in [0.3, 0.4) is 0 Å². The van der Waals surface area contributed by atoms with E-state index in [2.05, 4.69) is 27.8 Å². The van der Waals surface area contributed by atoms with Crippen LogP contribution in [-0.4, -0.2) is 17.4 Å². The van der Waals surface area contributed by atoms with E-state index in [1.54, 1.807) is 4.90 Å². The number of carbonyl (C=O) groups excluding carboxylic acids is 1. The van der Waals surface area contributed by atoms with Gasteiger partial charge in [-0.15, -0.1) is 22.7 Å². The molecule has 0 aliphatic carbocycles. The number of anilines is 1. The van der Waals surface area contributed by atoms with Crippen molar-refractivity contribution in [1.29, 1.82) is 0 Å². The summed E-state index contributed by atoms with van der Waals surface area (Å²) in [4.78, 5) is 19.9. The highest BCUT2D eigenvalue weighted by atomic mass is 79.9. The lowest BCUT2D eigenvalue weighted by molar-refractivity contribution is 0.0991. The van der Waals surface area contributed by atoms with E-state index in [1.807, 2.05) is 47.2 Å². The molecule has 0 atom stereocenters. The first kappa shape index (κ1) is 16.4. The molecule has 0 aliphatic rings. The minimum Gasteiger partial charge on any atom is -0.283 e. The van der Waals surface area contributed by atoms with E-state index in [0.29, 0.717) is 6.54 Å². The van der Waals surface area contributed by atoms with Crippen molar-refractivity contribution >= 4 is 49.6 Å². The number of aromatic nitrogens is 1. The van der Waals surface area contributed by atoms with E-state index in [4.69, 9.17) is 0 Å². The molecule has 0 radical (unpaired) electrons. The number of hydrogen-bond acceptors (Lipinski definition) is 4. The fraction of sp³-hybridized carbons (Fsp3) is 0.176. The van der Waals surface area contributed by atoms with Crippen molar-refractivity contribution in [3.63, 3.8) is 0 Å². The summed E-state index contributed by atoms with van der Waals surface area (Å²) in [5.74, 6) is 0.0250. The Morgan fingerprint density at radius 1 is 1.26 bits per heavy atom. The summed E-state index contributed by atoms with van der Waals surface area (Å²) >= 11 is 6.45. The molecule has 0 fully saturated rings. The number of carbonyl (C=O) groups is 1. The Morgan fingerprint density at radius 2 is 2.13 bits per heavy atom. The largest absolute Gasteiger partial charge is 0.283 e. The first-order valence-corrected chi connectivity index (χ1v) is 9.81. The van der Waals surface area contributed by atoms with Crippen molar-refractivity contribution < 1.29 is 4.79 Å². The van der Waals surface area contributed by atoms with Crippen LogP contribution in [0.25, 0.3) is 11.3 Å². The summed E-state index contributed by atoms with van der Waals surface area (Å²) in [6.45, 7) is 2.74. The molecule has 0 spiro atoms. The second kappa shape index (κ2) is 7.38. The molecule has 0 aliphatic heterocycles. The van der Waals surface area contributed by atoms with Crippen molar-refractivity contribution in [3.05, 3.63) is 56.5 Å². The molecule has 2 heterocycles. The Hall–Kier alpha value is -1.50. The van der Waals surface area contributed by atoms with Crippen molar-refractivity contribution in [2.45, 2.75) is 13.3 Å². The zero-order valence-electron chi connectivity index (χ0n) is 12.5. The number of benzene rings is 1. The number of amides is 1. The molecule has 2 aromatic heterocycles. The summed E-state index contributed by atoms with van der Waals surface area (Å²) < 4.78 is 1.02. The highest BCUT2D eigenvalue weighted by Crippen LogP contribution is 2.30. The van der Waals surface area contributed by atoms with Crippen LogP contribution in [0.2, 0.25) is 0 Å². The standard InChI is InChI=1S/C17H15BrN2OS2/c1-2-8-20(16(21)15-7-4-9-22-15)17-19-14(11-23-17)12-5-3-6-13(18)10-12/h3-7,9-11H,2,8H2,1H3. The van der Waals surface area contributed by atoms with Gasteiger partial charge in [0, 0.05) is 22.0 Å². The van der Waals surface area contributed by atoms with Gasteiger partial charge in [-0.1, -0.05) is 41.1 Å². The maximum Gasteiger partial charge on any atom is 0.270 e. The van der Waals surface area contributed by atoms with Gasteiger partial charge in [-0.3, -0.25) is 9.69 Å². The predicted octanol–water partition coefficient (Wildman–Crippen LogP) is 5.69. The SMILES string of the molecule is CCCN(C(=O)c1cccs1)c1nc(-c2cccc(Br)c2)cs1. The number of halogens is 1. The van der Waals surface area contributed by atoms with E-state index >= 15 is 0 Å². The molecule has 23 heavy (non-hydrogen) atoms. The Labute approximate surface area is 151 Å². The monoisotopic (exact) mass is 406 g/mol. The van der Waals surface area contributed by atoms with E-state index in [1.165, 1.54) is 22.7 Å². The lowest BCUT2D eigenvalue weighted by Crippen LogP contribution is -2.30. The second-order valence-corrected chi connectivity index (χ2v) is 7.66. The lowest BCUT2D eigenvalue weighted by Gasteiger charge is -2.18. The number of hydrogen-bond donors (Lipinski definition) is 0. The molecular formula is C17H15BrN2OS2. The van der Waals surface area contributed by atoms with Crippen LogP contribution >= 0.6 is 38.6 Å². The highest BCUT2D eigenvalue weighted by molar-refractivity contribution is 9.10. The highest BCUT2D eigenvalue weighted by Gasteiger charge is 2.21. The lowest BCUT2D eigenvalue weighted by atomic mass is 10.2. The van der Waals surface area contributed by atoms with Gasteiger partial charge in [0.25, 0.3) is 5.91 Å². The van der Waals surface area contributed by atoms with Crippen LogP contribution in [0.4, 0.5) is 5.13 Å². The average Bonchev–Trinajstić information content (AvgIpc) is 3.23. The van der Waals surface area contributed by atoms with Crippen LogP contribution < -0.4 is 4.90 Å². The summed E-state index contributed by atoms with van der Waals surface area (Å²) in [6.07, 6.45) is 0.892. The number of thiophene rings is 1. The van der Waals surface area contributed by atoms with Crippen molar-refractivity contribution in [2.75, 3.05) is 11.4 Å². The average molecular weight is 407 g/mol. The van der Waals surface area contributed by atoms with E-state index in [-0.39, 0.29) is 5.91 Å². The van der Waals surface area contributed by atoms with Crippen LogP contribution in [-0.2, 0) is 0 Å². The molecule has 3 aromatic rings. The summed E-state index contributed by atoms with van der Waals surface area (Å²) in [7, 11) is 0. The fourth-order valence-corrected chi connectivity index (χ4v) is 4.14. The Balaban J connectivity index is 1.91. The zero-order valence-corrected chi connectivity index (χ0v) is 15.7. The fourth-order valence-electron chi connectivity index (χ4n) is 2.21. The van der Waals surface area contributed by atoms with Crippen LogP contribution in [0, 0.1) is 0 Å². The molecule has 0 bridgehead atoms. The van der Waals surface area contributed by atoms with Gasteiger partial charge in [0.15, 0.2) is 5.13 Å². The first-order valence-electron chi connectivity index (χ1n) is 7.26. The van der Waals surface area contributed by atoms with Gasteiger partial charge >= 0.3 is 0 Å². The van der Waals surface area contributed by atoms with Crippen molar-refractivity contribution in [1.82, 2.24) is 4.98 Å². The van der Waals surface area contributed by atoms with E-state index in [9.17, 15) is 4.79 Å². The van der Waals surface area contributed by atoms with Gasteiger partial charge < -0.3 is 0 Å². The Bertz CT molecular complexity index is 799. The Morgan fingerprint density at radius 3 is 2.83 bits per heavy atom. The third-order valence-electron chi connectivity index (χ3n) is 3.27. The first-order chi connectivity index (χ1) is 11.2. The number of rotatable bonds is 5. The van der Waals surface area contributed by atoms with Gasteiger partial charge in [0.2, 0.25) is 0 Å². The third-order valence-corrected chi connectivity index (χ3v) is 5.48. The van der Waals surface area contributed by atoms with Gasteiger partial charge in [-0.25, -0.2) is 4.98 Å². The summed E-state index contributed by atoms with van der Waals surface area (Å²) in [6, 6.07) is 11.8. The van der Waals surface area contributed by atoms with Gasteiger partial charge in [-0.05, 0) is 30.0 Å². The van der Waals surface area contributed by atoms with Crippen LogP contribution in [0.5, 0.6) is 0 Å². The molecule has 6 heteroatoms. The maximum atomic E-state index is 12.7. The van der Waals surface area contributed by atoms with Gasteiger partial charge in [0.1, 0.15) is 0 Å². The van der Waals surface area contributed by atoms with Crippen molar-refractivity contribution in [2.24, 2.45) is 0 Å². The third kappa shape index (κ3) is 3.71. The molecule has 0 N–H and O–H groups in total.